The first-order valence-electron chi connectivity index (χ1n) is 9.26. The molecule has 0 unspecified atom stereocenters. The molecule has 148 valence electrons. The summed E-state index contributed by atoms with van der Waals surface area (Å²) in [6, 6.07) is 6.85. The molecule has 28 heavy (non-hydrogen) atoms. The lowest BCUT2D eigenvalue weighted by atomic mass is 10.1. The van der Waals surface area contributed by atoms with Crippen LogP contribution in [0.1, 0.15) is 10.4 Å². The fourth-order valence-electron chi connectivity index (χ4n) is 3.65. The van der Waals surface area contributed by atoms with Gasteiger partial charge in [0, 0.05) is 36.1 Å². The molecule has 0 bridgehead atoms. The van der Waals surface area contributed by atoms with Gasteiger partial charge in [-0.2, -0.15) is 0 Å². The average molecular weight is 419 g/mol. The molecule has 0 radical (unpaired) electrons. The lowest BCUT2D eigenvalue weighted by molar-refractivity contribution is 0.318. The van der Waals surface area contributed by atoms with Crippen molar-refractivity contribution in [2.24, 2.45) is 0 Å². The van der Waals surface area contributed by atoms with E-state index in [-0.39, 0.29) is 11.2 Å². The van der Waals surface area contributed by atoms with Crippen molar-refractivity contribution in [3.05, 3.63) is 60.6 Å². The molecule has 3 heterocycles. The van der Waals surface area contributed by atoms with Gasteiger partial charge in [-0.15, -0.1) is 11.3 Å². The zero-order valence-corrected chi connectivity index (χ0v) is 17.8. The van der Waals surface area contributed by atoms with Crippen LogP contribution in [0.15, 0.2) is 33.9 Å². The van der Waals surface area contributed by atoms with Gasteiger partial charge in [0.05, 0.1) is 11.1 Å². The Hall–Kier alpha value is -1.93. The van der Waals surface area contributed by atoms with Crippen molar-refractivity contribution >= 4 is 33.2 Å². The number of benzene rings is 1. The average Bonchev–Trinajstić information content (AvgIpc) is 3.01. The summed E-state index contributed by atoms with van der Waals surface area (Å²) in [5, 5.41) is 1.27. The van der Waals surface area contributed by atoms with Crippen LogP contribution in [0.4, 0.5) is 0 Å². The molecule has 1 aliphatic rings. The number of nitrogens with zero attached hydrogens (tertiary/aromatic N) is 4. The first kappa shape index (κ1) is 19.4. The maximum absolute atomic E-state index is 13.4. The number of aromatic nitrogens is 2. The predicted molar refractivity (Wildman–Crippen MR) is 115 cm³/mol. The van der Waals surface area contributed by atoms with Crippen LogP contribution in [0.2, 0.25) is 5.02 Å². The lowest BCUT2D eigenvalue weighted by Gasteiger charge is -2.21. The van der Waals surface area contributed by atoms with E-state index in [1.54, 1.807) is 40.2 Å². The Bertz CT molecular complexity index is 1140. The Kier molecular flexibility index (Phi) is 5.18. The number of hydrogen-bond donors (Lipinski definition) is 0. The highest BCUT2D eigenvalue weighted by molar-refractivity contribution is 7.18. The van der Waals surface area contributed by atoms with E-state index in [4.69, 9.17) is 11.6 Å². The molecule has 1 aromatic carbocycles. The molecule has 0 N–H and O–H groups in total. The van der Waals surface area contributed by atoms with Crippen molar-refractivity contribution in [1.29, 1.82) is 0 Å². The highest BCUT2D eigenvalue weighted by Gasteiger charge is 2.25. The van der Waals surface area contributed by atoms with Crippen molar-refractivity contribution in [2.75, 3.05) is 34.2 Å². The minimum absolute atomic E-state index is 0.231. The monoisotopic (exact) mass is 418 g/mol. The van der Waals surface area contributed by atoms with Crippen molar-refractivity contribution in [3.63, 3.8) is 0 Å². The molecule has 0 atom stereocenters. The van der Waals surface area contributed by atoms with Crippen LogP contribution in [0, 0.1) is 0 Å². The van der Waals surface area contributed by atoms with Gasteiger partial charge in [-0.25, -0.2) is 9.36 Å². The van der Waals surface area contributed by atoms with E-state index in [9.17, 15) is 9.59 Å². The van der Waals surface area contributed by atoms with Crippen LogP contribution >= 0.6 is 22.9 Å². The van der Waals surface area contributed by atoms with Gasteiger partial charge in [-0.05, 0) is 57.4 Å². The zero-order valence-electron chi connectivity index (χ0n) is 16.2. The summed E-state index contributed by atoms with van der Waals surface area (Å²) in [5.41, 5.74) is 1.12. The number of fused-ring (bicyclic) bond motifs is 3. The molecule has 6 nitrogen and oxygen atoms in total. The van der Waals surface area contributed by atoms with E-state index in [1.807, 2.05) is 19.0 Å². The highest BCUT2D eigenvalue weighted by atomic mass is 35.5. The molecular weight excluding hydrogens is 396 g/mol. The molecule has 0 fully saturated rings. The van der Waals surface area contributed by atoms with Gasteiger partial charge in [0.25, 0.3) is 5.56 Å². The highest BCUT2D eigenvalue weighted by Crippen LogP contribution is 2.32. The second-order valence-electron chi connectivity index (χ2n) is 7.53. The SMILES string of the molecule is CN(C)CCn1c(=O)n(-c2ccc(Cl)cc2)c(=O)c2c3c(sc21)CN(C)CC3. The Balaban J connectivity index is 2.03. The summed E-state index contributed by atoms with van der Waals surface area (Å²) < 4.78 is 3.05. The standard InChI is InChI=1S/C20H23ClN4O2S/c1-22(2)10-11-24-19-17(15-8-9-23(3)12-16(15)28-19)18(26)25(20(24)27)14-6-4-13(21)5-7-14/h4-7H,8-12H2,1-3H3. The molecule has 0 aliphatic carbocycles. The van der Waals surface area contributed by atoms with Crippen LogP contribution in [0.5, 0.6) is 0 Å². The molecular formula is C20H23ClN4O2S. The van der Waals surface area contributed by atoms with E-state index in [0.717, 1.165) is 36.4 Å². The van der Waals surface area contributed by atoms with Crippen molar-refractivity contribution in [3.8, 4) is 5.69 Å². The maximum Gasteiger partial charge on any atom is 0.336 e. The Morgan fingerprint density at radius 3 is 2.57 bits per heavy atom. The molecule has 2 aromatic heterocycles. The van der Waals surface area contributed by atoms with E-state index >= 15 is 0 Å². The Morgan fingerprint density at radius 2 is 1.89 bits per heavy atom. The van der Waals surface area contributed by atoms with Crippen LogP contribution in [0.25, 0.3) is 15.9 Å². The van der Waals surface area contributed by atoms with Crippen LogP contribution < -0.4 is 11.2 Å². The summed E-state index contributed by atoms with van der Waals surface area (Å²) >= 11 is 7.59. The van der Waals surface area contributed by atoms with E-state index in [0.29, 0.717) is 22.6 Å². The largest absolute Gasteiger partial charge is 0.336 e. The first-order chi connectivity index (χ1) is 13.4. The minimum atomic E-state index is -0.298. The van der Waals surface area contributed by atoms with Crippen molar-refractivity contribution < 1.29 is 0 Å². The third kappa shape index (κ3) is 3.33. The van der Waals surface area contributed by atoms with E-state index in [2.05, 4.69) is 11.9 Å². The van der Waals surface area contributed by atoms with Crippen molar-refractivity contribution in [2.45, 2.75) is 19.5 Å². The molecule has 0 amide bonds. The molecule has 3 aromatic rings. The van der Waals surface area contributed by atoms with Gasteiger partial charge in [-0.1, -0.05) is 11.6 Å². The van der Waals surface area contributed by atoms with Gasteiger partial charge < -0.3 is 9.80 Å². The molecule has 1 aliphatic heterocycles. The topological polar surface area (TPSA) is 50.5 Å². The van der Waals surface area contributed by atoms with Gasteiger partial charge >= 0.3 is 5.69 Å². The lowest BCUT2D eigenvalue weighted by Crippen LogP contribution is -2.40. The smallest absolute Gasteiger partial charge is 0.308 e. The molecule has 0 spiro atoms. The first-order valence-corrected chi connectivity index (χ1v) is 10.5. The van der Waals surface area contributed by atoms with Gasteiger partial charge in [0.1, 0.15) is 4.83 Å². The zero-order chi connectivity index (χ0) is 20.0. The molecule has 0 saturated carbocycles. The normalized spacial score (nSPS) is 14.8. The number of thiophene rings is 1. The third-order valence-corrected chi connectivity index (χ3v) is 6.66. The molecule has 8 heteroatoms. The van der Waals surface area contributed by atoms with Crippen LogP contribution in [-0.4, -0.2) is 53.2 Å². The van der Waals surface area contributed by atoms with Crippen molar-refractivity contribution in [1.82, 2.24) is 18.9 Å². The van der Waals surface area contributed by atoms with E-state index < -0.39 is 0 Å². The van der Waals surface area contributed by atoms with Crippen LogP contribution in [0.3, 0.4) is 0 Å². The fourth-order valence-corrected chi connectivity index (χ4v) is 5.21. The number of halogens is 1. The quantitative estimate of drug-likeness (QED) is 0.653. The van der Waals surface area contributed by atoms with Crippen LogP contribution in [-0.2, 0) is 19.5 Å². The summed E-state index contributed by atoms with van der Waals surface area (Å²) in [5.74, 6) is 0. The van der Waals surface area contributed by atoms with E-state index in [1.165, 1.54) is 9.44 Å². The Morgan fingerprint density at radius 1 is 1.18 bits per heavy atom. The third-order valence-electron chi connectivity index (χ3n) is 5.17. The fraction of sp³-hybridized carbons (Fsp3) is 0.400. The van der Waals surface area contributed by atoms with Gasteiger partial charge in [0.15, 0.2) is 0 Å². The second kappa shape index (κ2) is 7.48. The maximum atomic E-state index is 13.4. The summed E-state index contributed by atoms with van der Waals surface area (Å²) in [6.07, 6.45) is 0.827. The number of hydrogen-bond acceptors (Lipinski definition) is 5. The summed E-state index contributed by atoms with van der Waals surface area (Å²) in [7, 11) is 6.04. The molecule has 0 saturated heterocycles. The minimum Gasteiger partial charge on any atom is -0.308 e. The van der Waals surface area contributed by atoms with Gasteiger partial charge in [-0.3, -0.25) is 9.36 Å². The Labute approximate surface area is 172 Å². The second-order valence-corrected chi connectivity index (χ2v) is 9.05. The molecule has 4 rings (SSSR count). The van der Waals surface area contributed by atoms with Gasteiger partial charge in [0.2, 0.25) is 0 Å². The summed E-state index contributed by atoms with van der Waals surface area (Å²) in [4.78, 5) is 33.1. The summed E-state index contributed by atoms with van der Waals surface area (Å²) in [6.45, 7) is 2.98. The number of likely N-dealkylation sites (N-methyl/N-ethyl adjacent to an activating group) is 2. The predicted octanol–water partition coefficient (Wildman–Crippen LogP) is 2.42. The number of rotatable bonds is 4.